The number of halogens is 1. The van der Waals surface area contributed by atoms with E-state index in [0.29, 0.717) is 30.5 Å². The zero-order valence-corrected chi connectivity index (χ0v) is 13.4. The van der Waals surface area contributed by atoms with Crippen LogP contribution < -0.4 is 0 Å². The fourth-order valence-electron chi connectivity index (χ4n) is 2.24. The van der Waals surface area contributed by atoms with Gasteiger partial charge in [0.15, 0.2) is 0 Å². The first-order valence-electron chi connectivity index (χ1n) is 7.00. The Morgan fingerprint density at radius 3 is 2.86 bits per heavy atom. The van der Waals surface area contributed by atoms with Crippen molar-refractivity contribution in [2.75, 3.05) is 26.4 Å². The summed E-state index contributed by atoms with van der Waals surface area (Å²) in [6.45, 7) is 7.24. The van der Waals surface area contributed by atoms with Crippen molar-refractivity contribution in [3.63, 3.8) is 0 Å². The molecule has 1 aliphatic rings. The third kappa shape index (κ3) is 3.73. The zero-order chi connectivity index (χ0) is 15.6. The molecule has 0 radical (unpaired) electrons. The van der Waals surface area contributed by atoms with Gasteiger partial charge in [0.1, 0.15) is 5.15 Å². The van der Waals surface area contributed by atoms with Gasteiger partial charge in [-0.1, -0.05) is 32.4 Å². The summed E-state index contributed by atoms with van der Waals surface area (Å²) in [6.07, 6.45) is 0. The maximum absolute atomic E-state index is 12.7. The van der Waals surface area contributed by atoms with E-state index in [-0.39, 0.29) is 24.0 Å². The van der Waals surface area contributed by atoms with Crippen LogP contribution in [0.15, 0.2) is 12.1 Å². The number of rotatable bonds is 2. The van der Waals surface area contributed by atoms with Gasteiger partial charge in [-0.05, 0) is 12.1 Å². The lowest BCUT2D eigenvalue weighted by molar-refractivity contribution is -0.0184. The van der Waals surface area contributed by atoms with Crippen LogP contribution in [0.1, 0.15) is 36.8 Å². The number of amides is 1. The molecule has 0 saturated carbocycles. The highest BCUT2D eigenvalue weighted by molar-refractivity contribution is 6.29. The van der Waals surface area contributed by atoms with Gasteiger partial charge in [0.2, 0.25) is 0 Å². The molecule has 21 heavy (non-hydrogen) atoms. The smallest absolute Gasteiger partial charge is 0.254 e. The number of morpholine rings is 1. The number of hydrogen-bond acceptors (Lipinski definition) is 4. The van der Waals surface area contributed by atoms with Gasteiger partial charge in [-0.15, -0.1) is 0 Å². The average molecular weight is 313 g/mol. The number of aromatic nitrogens is 1. The molecule has 5 nitrogen and oxygen atoms in total. The van der Waals surface area contributed by atoms with Crippen molar-refractivity contribution in [3.8, 4) is 0 Å². The third-order valence-corrected chi connectivity index (χ3v) is 3.70. The van der Waals surface area contributed by atoms with Gasteiger partial charge in [0, 0.05) is 23.2 Å². The summed E-state index contributed by atoms with van der Waals surface area (Å²) in [5.41, 5.74) is 1.08. The van der Waals surface area contributed by atoms with E-state index in [4.69, 9.17) is 16.3 Å². The number of ether oxygens (including phenoxy) is 1. The molecule has 1 aliphatic heterocycles. The highest BCUT2D eigenvalue weighted by Crippen LogP contribution is 2.24. The minimum atomic E-state index is -0.309. The predicted molar refractivity (Wildman–Crippen MR) is 80.7 cm³/mol. The minimum absolute atomic E-state index is 0.114. The van der Waals surface area contributed by atoms with Crippen molar-refractivity contribution >= 4 is 17.5 Å². The number of aliphatic hydroxyl groups excluding tert-OH is 1. The molecule has 1 fully saturated rings. The SMILES string of the molecule is CC(C)(C)c1cc(C(=O)N2CCOCC2CO)cc(Cl)n1. The molecule has 2 rings (SSSR count). The molecule has 1 unspecified atom stereocenters. The van der Waals surface area contributed by atoms with E-state index >= 15 is 0 Å². The summed E-state index contributed by atoms with van der Waals surface area (Å²) in [4.78, 5) is 18.6. The second-order valence-electron chi connectivity index (χ2n) is 6.22. The van der Waals surface area contributed by atoms with E-state index < -0.39 is 0 Å². The number of nitrogens with zero attached hydrogens (tertiary/aromatic N) is 2. The van der Waals surface area contributed by atoms with E-state index in [1.54, 1.807) is 17.0 Å². The van der Waals surface area contributed by atoms with Crippen LogP contribution in [0.4, 0.5) is 0 Å². The highest BCUT2D eigenvalue weighted by atomic mass is 35.5. The lowest BCUT2D eigenvalue weighted by Crippen LogP contribution is -2.50. The maximum atomic E-state index is 12.7. The fourth-order valence-corrected chi connectivity index (χ4v) is 2.45. The molecule has 0 bridgehead atoms. The normalized spacial score (nSPS) is 19.7. The molecule has 1 N–H and O–H groups in total. The van der Waals surface area contributed by atoms with Crippen molar-refractivity contribution in [1.29, 1.82) is 0 Å². The van der Waals surface area contributed by atoms with E-state index in [1.165, 1.54) is 0 Å². The number of carbonyl (C=O) groups excluding carboxylic acids is 1. The Kier molecular flexibility index (Phi) is 4.86. The summed E-state index contributed by atoms with van der Waals surface area (Å²) >= 11 is 6.05. The van der Waals surface area contributed by atoms with Crippen LogP contribution in [0.2, 0.25) is 5.15 Å². The quantitative estimate of drug-likeness (QED) is 0.847. The minimum Gasteiger partial charge on any atom is -0.394 e. The standard InChI is InChI=1S/C15H21ClN2O3/c1-15(2,3)12-6-10(7-13(16)17-12)14(20)18-4-5-21-9-11(18)8-19/h6-7,11,19H,4-5,8-9H2,1-3H3. The van der Waals surface area contributed by atoms with Crippen LogP contribution in [0.25, 0.3) is 0 Å². The predicted octanol–water partition coefficient (Wildman–Crippen LogP) is 1.87. The molecular weight excluding hydrogens is 292 g/mol. The molecule has 1 saturated heterocycles. The number of pyridine rings is 1. The van der Waals surface area contributed by atoms with Crippen molar-refractivity contribution in [2.45, 2.75) is 32.2 Å². The maximum Gasteiger partial charge on any atom is 0.254 e. The zero-order valence-electron chi connectivity index (χ0n) is 12.6. The Morgan fingerprint density at radius 1 is 1.52 bits per heavy atom. The first-order chi connectivity index (χ1) is 9.82. The van der Waals surface area contributed by atoms with E-state index in [0.717, 1.165) is 5.69 Å². The van der Waals surface area contributed by atoms with Crippen molar-refractivity contribution in [2.24, 2.45) is 0 Å². The lowest BCUT2D eigenvalue weighted by Gasteiger charge is -2.34. The van der Waals surface area contributed by atoms with Crippen LogP contribution >= 0.6 is 11.6 Å². The van der Waals surface area contributed by atoms with Gasteiger partial charge < -0.3 is 14.7 Å². The Labute approximate surface area is 129 Å². The molecule has 0 aliphatic carbocycles. The molecule has 1 aromatic heterocycles. The molecule has 6 heteroatoms. The van der Waals surface area contributed by atoms with Gasteiger partial charge in [0.05, 0.1) is 25.9 Å². The van der Waals surface area contributed by atoms with Crippen molar-refractivity contribution < 1.29 is 14.6 Å². The lowest BCUT2D eigenvalue weighted by atomic mass is 9.90. The monoisotopic (exact) mass is 312 g/mol. The molecule has 2 heterocycles. The number of carbonyl (C=O) groups is 1. The summed E-state index contributed by atoms with van der Waals surface area (Å²) in [6, 6.07) is 3.04. The summed E-state index contributed by atoms with van der Waals surface area (Å²) in [5, 5.41) is 9.69. The van der Waals surface area contributed by atoms with Crippen molar-refractivity contribution in [1.82, 2.24) is 9.88 Å². The highest BCUT2D eigenvalue weighted by Gasteiger charge is 2.28. The van der Waals surface area contributed by atoms with E-state index in [2.05, 4.69) is 4.98 Å². The average Bonchev–Trinajstić information content (AvgIpc) is 2.45. The topological polar surface area (TPSA) is 62.7 Å². The first kappa shape index (κ1) is 16.2. The summed E-state index contributed by atoms with van der Waals surface area (Å²) in [5.74, 6) is -0.146. The molecule has 1 amide bonds. The largest absolute Gasteiger partial charge is 0.394 e. The van der Waals surface area contributed by atoms with E-state index in [9.17, 15) is 9.90 Å². The summed E-state index contributed by atoms with van der Waals surface area (Å²) in [7, 11) is 0. The van der Waals surface area contributed by atoms with E-state index in [1.807, 2.05) is 20.8 Å². The first-order valence-corrected chi connectivity index (χ1v) is 7.38. The Hall–Kier alpha value is -1.17. The molecule has 0 spiro atoms. The number of aliphatic hydroxyl groups is 1. The van der Waals surface area contributed by atoms with Gasteiger partial charge >= 0.3 is 0 Å². The molecule has 116 valence electrons. The van der Waals surface area contributed by atoms with Crippen LogP contribution in [-0.2, 0) is 10.2 Å². The summed E-state index contributed by atoms with van der Waals surface area (Å²) < 4.78 is 5.30. The van der Waals surface area contributed by atoms with Crippen LogP contribution in [0.5, 0.6) is 0 Å². The Morgan fingerprint density at radius 2 is 2.24 bits per heavy atom. The third-order valence-electron chi connectivity index (χ3n) is 3.51. The Balaban J connectivity index is 2.32. The second-order valence-corrected chi connectivity index (χ2v) is 6.61. The number of hydrogen-bond donors (Lipinski definition) is 1. The van der Waals surface area contributed by atoms with Gasteiger partial charge in [0.25, 0.3) is 5.91 Å². The second kappa shape index (κ2) is 6.30. The fraction of sp³-hybridized carbons (Fsp3) is 0.600. The molecule has 1 atom stereocenters. The van der Waals surface area contributed by atoms with Crippen LogP contribution in [0.3, 0.4) is 0 Å². The molecule has 1 aromatic rings. The molecular formula is C15H21ClN2O3. The van der Waals surface area contributed by atoms with Crippen LogP contribution in [0, 0.1) is 0 Å². The Bertz CT molecular complexity index is 528. The van der Waals surface area contributed by atoms with Gasteiger partial charge in [-0.25, -0.2) is 4.98 Å². The van der Waals surface area contributed by atoms with Crippen molar-refractivity contribution in [3.05, 3.63) is 28.5 Å². The van der Waals surface area contributed by atoms with Gasteiger partial charge in [-0.2, -0.15) is 0 Å². The van der Waals surface area contributed by atoms with Crippen LogP contribution in [-0.4, -0.2) is 53.3 Å². The van der Waals surface area contributed by atoms with Gasteiger partial charge in [-0.3, -0.25) is 4.79 Å². The molecule has 0 aromatic carbocycles.